The van der Waals surface area contributed by atoms with Crippen molar-refractivity contribution in [2.75, 3.05) is 26.7 Å². The number of hydrogen-bond donors (Lipinski definition) is 1. The van der Waals surface area contributed by atoms with Gasteiger partial charge < -0.3 is 14.9 Å². The molecule has 2 fully saturated rings. The highest BCUT2D eigenvalue weighted by Gasteiger charge is 2.45. The number of benzene rings is 1. The lowest BCUT2D eigenvalue weighted by atomic mass is 9.92. The topological polar surface area (TPSA) is 60.9 Å². The lowest BCUT2D eigenvalue weighted by Crippen LogP contribution is -2.37. The number of aliphatic hydroxyl groups is 1. The zero-order chi connectivity index (χ0) is 16.6. The van der Waals surface area contributed by atoms with Gasteiger partial charge in [0, 0.05) is 44.1 Å². The van der Waals surface area contributed by atoms with E-state index in [1.54, 1.807) is 22.9 Å². The highest BCUT2D eigenvalue weighted by Crippen LogP contribution is 2.39. The summed E-state index contributed by atoms with van der Waals surface area (Å²) in [7, 11) is 1.74. The van der Waals surface area contributed by atoms with Crippen LogP contribution in [0.1, 0.15) is 24.4 Å². The molecule has 3 unspecified atom stereocenters. The van der Waals surface area contributed by atoms with Gasteiger partial charge in [0.25, 0.3) is 0 Å². The van der Waals surface area contributed by atoms with Crippen LogP contribution in [0.3, 0.4) is 0 Å². The minimum atomic E-state index is -0.386. The van der Waals surface area contributed by atoms with Gasteiger partial charge in [0.1, 0.15) is 0 Å². The van der Waals surface area contributed by atoms with Crippen LogP contribution >= 0.6 is 11.6 Å². The van der Waals surface area contributed by atoms with Gasteiger partial charge in [-0.05, 0) is 24.1 Å². The van der Waals surface area contributed by atoms with Crippen molar-refractivity contribution in [1.29, 1.82) is 0 Å². The van der Waals surface area contributed by atoms with Crippen molar-refractivity contribution >= 4 is 23.4 Å². The fraction of sp³-hybridized carbons (Fsp3) is 0.529. The van der Waals surface area contributed by atoms with Crippen LogP contribution in [0, 0.1) is 11.8 Å². The Balaban J connectivity index is 1.85. The van der Waals surface area contributed by atoms with Gasteiger partial charge in [0.05, 0.1) is 12.0 Å². The van der Waals surface area contributed by atoms with Gasteiger partial charge in [-0.15, -0.1) is 0 Å². The average Bonchev–Trinajstić information content (AvgIpc) is 3.12. The first-order chi connectivity index (χ1) is 11.0. The molecular weight excluding hydrogens is 316 g/mol. The molecule has 0 saturated carbocycles. The number of halogens is 1. The molecule has 3 rings (SSSR count). The number of carbonyl (C=O) groups is 2. The summed E-state index contributed by atoms with van der Waals surface area (Å²) in [5.41, 5.74) is 0.891. The molecule has 124 valence electrons. The summed E-state index contributed by atoms with van der Waals surface area (Å²) in [6.45, 7) is 1.33. The van der Waals surface area contributed by atoms with E-state index in [1.165, 1.54) is 0 Å². The maximum atomic E-state index is 12.9. The number of likely N-dealkylation sites (tertiary alicyclic amines) is 2. The molecule has 2 saturated heterocycles. The van der Waals surface area contributed by atoms with Crippen molar-refractivity contribution in [3.05, 3.63) is 34.9 Å². The van der Waals surface area contributed by atoms with Gasteiger partial charge in [-0.1, -0.05) is 23.7 Å². The first-order valence-electron chi connectivity index (χ1n) is 7.92. The van der Waals surface area contributed by atoms with Crippen LogP contribution in [0.2, 0.25) is 5.02 Å². The molecule has 0 aromatic heterocycles. The highest BCUT2D eigenvalue weighted by molar-refractivity contribution is 6.30. The number of amides is 2. The van der Waals surface area contributed by atoms with Crippen LogP contribution in [0.25, 0.3) is 0 Å². The number of aliphatic hydroxyl groups excluding tert-OH is 1. The Labute approximate surface area is 140 Å². The third-order valence-electron chi connectivity index (χ3n) is 4.95. The van der Waals surface area contributed by atoms with E-state index in [2.05, 4.69) is 0 Å². The largest absolute Gasteiger partial charge is 0.396 e. The average molecular weight is 337 g/mol. The van der Waals surface area contributed by atoms with Crippen molar-refractivity contribution in [1.82, 2.24) is 9.80 Å². The molecule has 0 aliphatic carbocycles. The maximum Gasteiger partial charge on any atom is 0.228 e. The standard InChI is InChI=1S/C17H21ClN2O3/c1-19-15(22)8-14(16(19)12-3-2-4-13(18)7-12)17(23)20-6-5-11(9-20)10-21/h2-4,7,11,14,16,21H,5-6,8-10H2,1H3. The molecular formula is C17H21ClN2O3. The Morgan fingerprint density at radius 2 is 2.22 bits per heavy atom. The Kier molecular flexibility index (Phi) is 4.60. The van der Waals surface area contributed by atoms with Crippen LogP contribution in [-0.2, 0) is 9.59 Å². The molecule has 2 aliphatic heterocycles. The van der Waals surface area contributed by atoms with Crippen molar-refractivity contribution in [2.45, 2.75) is 18.9 Å². The number of nitrogens with zero attached hydrogens (tertiary/aromatic N) is 2. The monoisotopic (exact) mass is 336 g/mol. The molecule has 2 aliphatic rings. The SMILES string of the molecule is CN1C(=O)CC(C(=O)N2CCC(CO)C2)C1c1cccc(Cl)c1. The summed E-state index contributed by atoms with van der Waals surface area (Å²) in [6, 6.07) is 7.08. The van der Waals surface area contributed by atoms with Gasteiger partial charge in [0.2, 0.25) is 11.8 Å². The van der Waals surface area contributed by atoms with E-state index in [9.17, 15) is 14.7 Å². The molecule has 1 N–H and O–H groups in total. The minimum Gasteiger partial charge on any atom is -0.396 e. The van der Waals surface area contributed by atoms with E-state index in [0.717, 1.165) is 12.0 Å². The van der Waals surface area contributed by atoms with E-state index in [4.69, 9.17) is 11.6 Å². The fourth-order valence-corrected chi connectivity index (χ4v) is 3.85. The van der Waals surface area contributed by atoms with Crippen LogP contribution in [0.4, 0.5) is 0 Å². The predicted molar refractivity (Wildman–Crippen MR) is 86.8 cm³/mol. The van der Waals surface area contributed by atoms with Gasteiger partial charge >= 0.3 is 0 Å². The van der Waals surface area contributed by atoms with E-state index in [-0.39, 0.29) is 42.7 Å². The zero-order valence-corrected chi connectivity index (χ0v) is 13.9. The van der Waals surface area contributed by atoms with Crippen molar-refractivity contribution in [2.24, 2.45) is 11.8 Å². The quantitative estimate of drug-likeness (QED) is 0.914. The molecule has 1 aromatic carbocycles. The summed E-state index contributed by atoms with van der Waals surface area (Å²) in [4.78, 5) is 28.5. The molecule has 23 heavy (non-hydrogen) atoms. The van der Waals surface area contributed by atoms with Crippen LogP contribution in [0.5, 0.6) is 0 Å². The smallest absolute Gasteiger partial charge is 0.228 e. The number of rotatable bonds is 3. The summed E-state index contributed by atoms with van der Waals surface area (Å²) in [5, 5.41) is 9.86. The van der Waals surface area contributed by atoms with Gasteiger partial charge in [-0.25, -0.2) is 0 Å². The Bertz CT molecular complexity index is 622. The molecule has 0 radical (unpaired) electrons. The Hall–Kier alpha value is -1.59. The molecule has 0 spiro atoms. The normalized spacial score (nSPS) is 27.8. The van der Waals surface area contributed by atoms with E-state index in [0.29, 0.717) is 18.1 Å². The molecule has 2 heterocycles. The second kappa shape index (κ2) is 6.49. The van der Waals surface area contributed by atoms with E-state index in [1.807, 2.05) is 18.2 Å². The minimum absolute atomic E-state index is 0.00336. The molecule has 2 amide bonds. The Morgan fingerprint density at radius 1 is 1.43 bits per heavy atom. The molecule has 6 heteroatoms. The summed E-state index contributed by atoms with van der Waals surface area (Å²) in [5.74, 6) is -0.253. The highest BCUT2D eigenvalue weighted by atomic mass is 35.5. The van der Waals surface area contributed by atoms with Crippen LogP contribution in [-0.4, -0.2) is 53.5 Å². The van der Waals surface area contributed by atoms with Gasteiger partial charge in [0.15, 0.2) is 0 Å². The first-order valence-corrected chi connectivity index (χ1v) is 8.30. The van der Waals surface area contributed by atoms with Crippen LogP contribution in [0.15, 0.2) is 24.3 Å². The third-order valence-corrected chi connectivity index (χ3v) is 5.18. The second-order valence-electron chi connectivity index (χ2n) is 6.44. The first kappa shape index (κ1) is 16.3. The summed E-state index contributed by atoms with van der Waals surface area (Å²) in [6.07, 6.45) is 1.05. The van der Waals surface area contributed by atoms with Gasteiger partial charge in [-0.3, -0.25) is 9.59 Å². The lowest BCUT2D eigenvalue weighted by molar-refractivity contribution is -0.135. The van der Waals surface area contributed by atoms with E-state index >= 15 is 0 Å². The summed E-state index contributed by atoms with van der Waals surface area (Å²) >= 11 is 6.07. The maximum absolute atomic E-state index is 12.9. The fourth-order valence-electron chi connectivity index (χ4n) is 3.65. The second-order valence-corrected chi connectivity index (χ2v) is 6.87. The number of hydrogen-bond acceptors (Lipinski definition) is 3. The molecule has 3 atom stereocenters. The zero-order valence-electron chi connectivity index (χ0n) is 13.1. The van der Waals surface area contributed by atoms with Crippen molar-refractivity contribution < 1.29 is 14.7 Å². The third kappa shape index (κ3) is 3.08. The van der Waals surface area contributed by atoms with Crippen LogP contribution < -0.4 is 0 Å². The number of carbonyl (C=O) groups excluding carboxylic acids is 2. The molecule has 1 aromatic rings. The lowest BCUT2D eigenvalue weighted by Gasteiger charge is -2.28. The summed E-state index contributed by atoms with van der Waals surface area (Å²) < 4.78 is 0. The van der Waals surface area contributed by atoms with Gasteiger partial charge in [-0.2, -0.15) is 0 Å². The van der Waals surface area contributed by atoms with Crippen molar-refractivity contribution in [3.63, 3.8) is 0 Å². The van der Waals surface area contributed by atoms with Crippen molar-refractivity contribution in [3.8, 4) is 0 Å². The molecule has 5 nitrogen and oxygen atoms in total. The predicted octanol–water partition coefficient (Wildman–Crippen LogP) is 1.70. The van der Waals surface area contributed by atoms with E-state index < -0.39 is 0 Å². The Morgan fingerprint density at radius 3 is 2.87 bits per heavy atom. The molecule has 0 bridgehead atoms.